The highest BCUT2D eigenvalue weighted by Crippen LogP contribution is 2.36. The van der Waals surface area contributed by atoms with Crippen LogP contribution in [0.4, 0.5) is 13.2 Å². The summed E-state index contributed by atoms with van der Waals surface area (Å²) in [6, 6.07) is 0.866. The van der Waals surface area contributed by atoms with Crippen LogP contribution in [0, 0.1) is 11.6 Å². The van der Waals surface area contributed by atoms with E-state index in [4.69, 9.17) is 0 Å². The lowest BCUT2D eigenvalue weighted by Gasteiger charge is -2.07. The van der Waals surface area contributed by atoms with E-state index in [0.717, 1.165) is 6.07 Å². The summed E-state index contributed by atoms with van der Waals surface area (Å²) in [5.74, 6) is -2.24. The molecule has 0 fully saturated rings. The summed E-state index contributed by atoms with van der Waals surface area (Å²) in [7, 11) is 0. The molecule has 13 heavy (non-hydrogen) atoms. The molecule has 0 atom stereocenters. The molecule has 0 aliphatic rings. The molecule has 1 rings (SSSR count). The lowest BCUT2D eigenvalue weighted by molar-refractivity contribution is 0.188. The van der Waals surface area contributed by atoms with E-state index >= 15 is 0 Å². The standard InChI is InChI=1S/C7H3Br2F3O/c8-3-1-4(11)6(12)5(9)7(3)13-2-10/h1H,2H2. The zero-order valence-electron chi connectivity index (χ0n) is 6.08. The van der Waals surface area contributed by atoms with Crippen LogP contribution in [-0.2, 0) is 0 Å². The first-order valence-electron chi connectivity index (χ1n) is 3.09. The lowest BCUT2D eigenvalue weighted by Crippen LogP contribution is -1.96. The molecule has 0 unspecified atom stereocenters. The van der Waals surface area contributed by atoms with Gasteiger partial charge in [-0.15, -0.1) is 0 Å². The van der Waals surface area contributed by atoms with Crippen LogP contribution < -0.4 is 4.74 Å². The van der Waals surface area contributed by atoms with Crippen LogP contribution in [0.15, 0.2) is 15.0 Å². The van der Waals surface area contributed by atoms with Gasteiger partial charge in [-0.3, -0.25) is 0 Å². The van der Waals surface area contributed by atoms with Gasteiger partial charge >= 0.3 is 0 Å². The fraction of sp³-hybridized carbons (Fsp3) is 0.143. The molecule has 0 saturated carbocycles. The SMILES string of the molecule is FCOc1c(Br)cc(F)c(F)c1Br. The van der Waals surface area contributed by atoms with Gasteiger partial charge in [-0.1, -0.05) is 0 Å². The highest BCUT2D eigenvalue weighted by Gasteiger charge is 2.16. The molecule has 0 aliphatic carbocycles. The second-order valence-corrected chi connectivity index (χ2v) is 3.70. The van der Waals surface area contributed by atoms with E-state index in [0.29, 0.717) is 0 Å². The topological polar surface area (TPSA) is 9.23 Å². The molecule has 1 aromatic rings. The van der Waals surface area contributed by atoms with Crippen LogP contribution in [0.5, 0.6) is 5.75 Å². The summed E-state index contributed by atoms with van der Waals surface area (Å²) in [6.45, 7) is -1.11. The normalized spacial score (nSPS) is 10.2. The third-order valence-corrected chi connectivity index (χ3v) is 2.57. The molecule has 1 nitrogen and oxygen atoms in total. The van der Waals surface area contributed by atoms with Gasteiger partial charge in [-0.2, -0.15) is 0 Å². The van der Waals surface area contributed by atoms with E-state index < -0.39 is 18.5 Å². The van der Waals surface area contributed by atoms with Gasteiger partial charge in [0.1, 0.15) is 0 Å². The van der Waals surface area contributed by atoms with Crippen LogP contribution in [0.25, 0.3) is 0 Å². The van der Waals surface area contributed by atoms with Crippen molar-refractivity contribution in [3.05, 3.63) is 26.6 Å². The number of hydrogen-bond donors (Lipinski definition) is 0. The number of rotatable bonds is 2. The Bertz CT molecular complexity index is 330. The largest absolute Gasteiger partial charge is 0.460 e. The zero-order valence-corrected chi connectivity index (χ0v) is 9.25. The van der Waals surface area contributed by atoms with Crippen molar-refractivity contribution in [3.8, 4) is 5.75 Å². The van der Waals surface area contributed by atoms with Crippen molar-refractivity contribution in [2.24, 2.45) is 0 Å². The molecular weight excluding hydrogens is 317 g/mol. The average Bonchev–Trinajstić information content (AvgIpc) is 2.09. The summed E-state index contributed by atoms with van der Waals surface area (Å²) < 4.78 is 41.7. The molecule has 0 aromatic heterocycles. The van der Waals surface area contributed by atoms with E-state index in [-0.39, 0.29) is 14.7 Å². The van der Waals surface area contributed by atoms with Crippen LogP contribution in [0.1, 0.15) is 0 Å². The minimum Gasteiger partial charge on any atom is -0.460 e. The summed E-state index contributed by atoms with van der Waals surface area (Å²) in [5, 5.41) is 0. The predicted molar refractivity (Wildman–Crippen MR) is 48.4 cm³/mol. The number of halogens is 5. The van der Waals surface area contributed by atoms with Gasteiger partial charge in [-0.05, 0) is 37.9 Å². The Morgan fingerprint density at radius 2 is 1.92 bits per heavy atom. The molecule has 0 N–H and O–H groups in total. The van der Waals surface area contributed by atoms with Crippen molar-refractivity contribution in [2.45, 2.75) is 0 Å². The summed E-state index contributed by atoms with van der Waals surface area (Å²) >= 11 is 5.65. The molecule has 0 amide bonds. The Morgan fingerprint density at radius 1 is 1.31 bits per heavy atom. The molecule has 0 radical (unpaired) electrons. The lowest BCUT2D eigenvalue weighted by atomic mass is 10.3. The van der Waals surface area contributed by atoms with E-state index in [1.807, 2.05) is 0 Å². The molecule has 0 saturated heterocycles. The van der Waals surface area contributed by atoms with E-state index in [1.165, 1.54) is 0 Å². The molecule has 0 aliphatic heterocycles. The number of benzene rings is 1. The highest BCUT2D eigenvalue weighted by molar-refractivity contribution is 9.11. The smallest absolute Gasteiger partial charge is 0.228 e. The van der Waals surface area contributed by atoms with Crippen LogP contribution in [0.2, 0.25) is 0 Å². The van der Waals surface area contributed by atoms with E-state index in [1.54, 1.807) is 0 Å². The first kappa shape index (κ1) is 10.8. The van der Waals surface area contributed by atoms with Crippen molar-refractivity contribution in [3.63, 3.8) is 0 Å². The van der Waals surface area contributed by atoms with E-state index in [2.05, 4.69) is 36.6 Å². The molecular formula is C7H3Br2F3O. The van der Waals surface area contributed by atoms with Crippen LogP contribution >= 0.6 is 31.9 Å². The fourth-order valence-corrected chi connectivity index (χ4v) is 2.03. The predicted octanol–water partition coefficient (Wildman–Crippen LogP) is 3.80. The van der Waals surface area contributed by atoms with E-state index in [9.17, 15) is 13.2 Å². The molecule has 0 bridgehead atoms. The maximum absolute atomic E-state index is 12.8. The van der Waals surface area contributed by atoms with Gasteiger partial charge in [0.25, 0.3) is 0 Å². The highest BCUT2D eigenvalue weighted by atomic mass is 79.9. The van der Waals surface area contributed by atoms with Gasteiger partial charge in [0.2, 0.25) is 6.86 Å². The summed E-state index contributed by atoms with van der Waals surface area (Å²) in [6.07, 6.45) is 0. The second-order valence-electron chi connectivity index (χ2n) is 2.05. The van der Waals surface area contributed by atoms with Gasteiger partial charge in [-0.25, -0.2) is 13.2 Å². The zero-order chi connectivity index (χ0) is 10.0. The van der Waals surface area contributed by atoms with Crippen molar-refractivity contribution in [2.75, 3.05) is 6.86 Å². The van der Waals surface area contributed by atoms with Crippen LogP contribution in [-0.4, -0.2) is 6.86 Å². The van der Waals surface area contributed by atoms with Crippen molar-refractivity contribution < 1.29 is 17.9 Å². The quantitative estimate of drug-likeness (QED) is 0.595. The molecule has 72 valence electrons. The maximum Gasteiger partial charge on any atom is 0.228 e. The Kier molecular flexibility index (Phi) is 3.61. The van der Waals surface area contributed by atoms with Crippen molar-refractivity contribution in [1.29, 1.82) is 0 Å². The van der Waals surface area contributed by atoms with Gasteiger partial charge in [0.05, 0.1) is 8.95 Å². The minimum absolute atomic E-state index is 0.0959. The second kappa shape index (κ2) is 4.32. The third kappa shape index (κ3) is 2.17. The van der Waals surface area contributed by atoms with Gasteiger partial charge < -0.3 is 4.74 Å². The molecule has 6 heteroatoms. The van der Waals surface area contributed by atoms with Gasteiger partial charge in [0.15, 0.2) is 17.4 Å². The van der Waals surface area contributed by atoms with Crippen LogP contribution in [0.3, 0.4) is 0 Å². The Morgan fingerprint density at radius 3 is 2.46 bits per heavy atom. The summed E-state index contributed by atoms with van der Waals surface area (Å²) in [4.78, 5) is 0. The Hall–Kier alpha value is -0.230. The third-order valence-electron chi connectivity index (χ3n) is 1.27. The first-order chi connectivity index (χ1) is 6.07. The first-order valence-corrected chi connectivity index (χ1v) is 4.68. The average molecular weight is 320 g/mol. The number of hydrogen-bond acceptors (Lipinski definition) is 1. The fourth-order valence-electron chi connectivity index (χ4n) is 0.736. The van der Waals surface area contributed by atoms with Gasteiger partial charge in [0, 0.05) is 0 Å². The molecule has 0 heterocycles. The number of ether oxygens (including phenoxy) is 1. The minimum atomic E-state index is -1.11. The Balaban J connectivity index is 3.26. The monoisotopic (exact) mass is 318 g/mol. The van der Waals surface area contributed by atoms with Crippen molar-refractivity contribution >= 4 is 31.9 Å². The molecule has 1 aromatic carbocycles. The maximum atomic E-state index is 12.8. The Labute approximate surface area is 89.1 Å². The van der Waals surface area contributed by atoms with Crippen molar-refractivity contribution in [1.82, 2.24) is 0 Å². The number of alkyl halides is 1. The summed E-state index contributed by atoms with van der Waals surface area (Å²) in [5.41, 5.74) is 0. The molecule has 0 spiro atoms.